The molecule has 2 aromatic carbocycles. The number of amides is 1. The van der Waals surface area contributed by atoms with Gasteiger partial charge in [-0.3, -0.25) is 9.10 Å². The summed E-state index contributed by atoms with van der Waals surface area (Å²) in [5.41, 5.74) is 3.25. The Morgan fingerprint density at radius 3 is 2.44 bits per heavy atom. The fourth-order valence-electron chi connectivity index (χ4n) is 2.63. The molecule has 27 heavy (non-hydrogen) atoms. The first-order valence-corrected chi connectivity index (χ1v) is 10.5. The summed E-state index contributed by atoms with van der Waals surface area (Å²) in [7, 11) is -3.59. The highest BCUT2D eigenvalue weighted by Gasteiger charge is 2.22. The molecule has 0 spiro atoms. The fraction of sp³-hybridized carbons (Fsp3) is 0.350. The van der Waals surface area contributed by atoms with Gasteiger partial charge in [0.1, 0.15) is 18.9 Å². The first-order valence-electron chi connectivity index (χ1n) is 8.68. The highest BCUT2D eigenvalue weighted by Crippen LogP contribution is 2.23. The predicted molar refractivity (Wildman–Crippen MR) is 108 cm³/mol. The molecule has 2 aromatic rings. The second-order valence-corrected chi connectivity index (χ2v) is 8.43. The lowest BCUT2D eigenvalue weighted by molar-refractivity contribution is -0.119. The minimum Gasteiger partial charge on any atom is -0.491 e. The third-order valence-electron chi connectivity index (χ3n) is 4.10. The molecule has 0 bridgehead atoms. The highest BCUT2D eigenvalue weighted by atomic mass is 32.2. The Hall–Kier alpha value is -2.54. The third kappa shape index (κ3) is 5.99. The lowest BCUT2D eigenvalue weighted by Crippen LogP contribution is -2.41. The van der Waals surface area contributed by atoms with Crippen LogP contribution in [0.5, 0.6) is 5.75 Å². The van der Waals surface area contributed by atoms with E-state index in [2.05, 4.69) is 5.32 Å². The number of hydrogen-bond acceptors (Lipinski definition) is 4. The molecule has 0 saturated carbocycles. The van der Waals surface area contributed by atoms with Gasteiger partial charge < -0.3 is 10.1 Å². The quantitative estimate of drug-likeness (QED) is 0.703. The number of sulfonamides is 1. The Morgan fingerprint density at radius 2 is 1.78 bits per heavy atom. The van der Waals surface area contributed by atoms with Crippen LogP contribution < -0.4 is 14.4 Å². The van der Waals surface area contributed by atoms with Gasteiger partial charge in [0.25, 0.3) is 0 Å². The molecule has 2 rings (SSSR count). The van der Waals surface area contributed by atoms with Crippen LogP contribution in [-0.2, 0) is 14.8 Å². The van der Waals surface area contributed by atoms with Crippen molar-refractivity contribution in [3.8, 4) is 5.75 Å². The average Bonchev–Trinajstić information content (AvgIpc) is 2.59. The fourth-order valence-corrected chi connectivity index (χ4v) is 3.53. The van der Waals surface area contributed by atoms with Crippen LogP contribution in [0.2, 0.25) is 0 Å². The largest absolute Gasteiger partial charge is 0.491 e. The minimum atomic E-state index is -3.59. The molecule has 6 nitrogen and oxygen atoms in total. The van der Waals surface area contributed by atoms with E-state index in [-0.39, 0.29) is 19.0 Å². The van der Waals surface area contributed by atoms with E-state index >= 15 is 0 Å². The van der Waals surface area contributed by atoms with Crippen LogP contribution in [0.1, 0.15) is 16.7 Å². The Morgan fingerprint density at radius 1 is 1.07 bits per heavy atom. The van der Waals surface area contributed by atoms with Crippen molar-refractivity contribution in [1.29, 1.82) is 0 Å². The Kier molecular flexibility index (Phi) is 6.85. The number of carbonyl (C=O) groups is 1. The highest BCUT2D eigenvalue weighted by molar-refractivity contribution is 7.92. The molecule has 0 fully saturated rings. The number of carbonyl (C=O) groups excluding carboxylic acids is 1. The zero-order valence-corrected chi connectivity index (χ0v) is 17.0. The molecule has 1 N–H and O–H groups in total. The summed E-state index contributed by atoms with van der Waals surface area (Å²) < 4.78 is 31.2. The molecule has 0 radical (unpaired) electrons. The van der Waals surface area contributed by atoms with Gasteiger partial charge >= 0.3 is 0 Å². The van der Waals surface area contributed by atoms with Gasteiger partial charge in [-0.1, -0.05) is 30.3 Å². The van der Waals surface area contributed by atoms with Crippen molar-refractivity contribution < 1.29 is 17.9 Å². The number of para-hydroxylation sites is 1. The van der Waals surface area contributed by atoms with Gasteiger partial charge in [0.15, 0.2) is 0 Å². The Balaban J connectivity index is 1.96. The predicted octanol–water partition coefficient (Wildman–Crippen LogP) is 2.57. The lowest BCUT2D eigenvalue weighted by atomic mass is 10.1. The number of benzene rings is 2. The van der Waals surface area contributed by atoms with Crippen molar-refractivity contribution in [3.05, 3.63) is 59.2 Å². The zero-order valence-electron chi connectivity index (χ0n) is 16.2. The molecule has 0 saturated heterocycles. The standard InChI is InChI=1S/C20H26N2O4S/c1-15-9-10-16(2)18(13-15)22(27(4,24)25)14-20(23)21-11-12-26-19-8-6-5-7-17(19)3/h5-10,13H,11-12,14H2,1-4H3,(H,21,23). The van der Waals surface area contributed by atoms with Crippen molar-refractivity contribution in [2.45, 2.75) is 20.8 Å². The van der Waals surface area contributed by atoms with Crippen LogP contribution in [0.15, 0.2) is 42.5 Å². The van der Waals surface area contributed by atoms with Crippen molar-refractivity contribution in [1.82, 2.24) is 5.32 Å². The van der Waals surface area contributed by atoms with Crippen molar-refractivity contribution in [2.24, 2.45) is 0 Å². The number of rotatable bonds is 8. The van der Waals surface area contributed by atoms with Crippen LogP contribution >= 0.6 is 0 Å². The van der Waals surface area contributed by atoms with E-state index in [1.165, 1.54) is 0 Å². The summed E-state index contributed by atoms with van der Waals surface area (Å²) in [6.07, 6.45) is 1.10. The number of nitrogens with one attached hydrogen (secondary N) is 1. The summed E-state index contributed by atoms with van der Waals surface area (Å²) in [6, 6.07) is 13.1. The molecule has 0 atom stereocenters. The van der Waals surface area contributed by atoms with Crippen molar-refractivity contribution >= 4 is 21.6 Å². The lowest BCUT2D eigenvalue weighted by Gasteiger charge is -2.24. The van der Waals surface area contributed by atoms with Gasteiger partial charge in [0.2, 0.25) is 15.9 Å². The van der Waals surface area contributed by atoms with Crippen LogP contribution in [0.25, 0.3) is 0 Å². The molecule has 7 heteroatoms. The second kappa shape index (κ2) is 8.90. The van der Waals surface area contributed by atoms with Crippen molar-refractivity contribution in [3.63, 3.8) is 0 Å². The SMILES string of the molecule is Cc1ccc(C)c(N(CC(=O)NCCOc2ccccc2C)S(C)(=O)=O)c1. The number of hydrogen-bond donors (Lipinski definition) is 1. The van der Waals surface area contributed by atoms with Crippen LogP contribution in [0.3, 0.4) is 0 Å². The molecule has 146 valence electrons. The molecule has 0 aromatic heterocycles. The zero-order chi connectivity index (χ0) is 20.0. The van der Waals surface area contributed by atoms with E-state index < -0.39 is 10.0 Å². The molecule has 1 amide bonds. The average molecular weight is 391 g/mol. The van der Waals surface area contributed by atoms with Crippen molar-refractivity contribution in [2.75, 3.05) is 30.3 Å². The summed E-state index contributed by atoms with van der Waals surface area (Å²) in [5, 5.41) is 2.71. The second-order valence-electron chi connectivity index (χ2n) is 6.52. The maximum Gasteiger partial charge on any atom is 0.240 e. The minimum absolute atomic E-state index is 0.270. The van der Waals surface area contributed by atoms with Gasteiger partial charge in [0.05, 0.1) is 18.5 Å². The molecular formula is C20H26N2O4S. The van der Waals surface area contributed by atoms with Gasteiger partial charge in [-0.15, -0.1) is 0 Å². The summed E-state index contributed by atoms with van der Waals surface area (Å²) >= 11 is 0. The molecule has 0 aliphatic rings. The summed E-state index contributed by atoms with van der Waals surface area (Å²) in [5.74, 6) is 0.384. The van der Waals surface area contributed by atoms with Gasteiger partial charge in [-0.2, -0.15) is 0 Å². The maximum atomic E-state index is 12.3. The maximum absolute atomic E-state index is 12.3. The van der Waals surface area contributed by atoms with E-state index in [0.717, 1.165) is 33.0 Å². The Bertz CT molecular complexity index is 910. The molecule has 0 aliphatic heterocycles. The number of nitrogens with zero attached hydrogens (tertiary/aromatic N) is 1. The molecule has 0 aliphatic carbocycles. The third-order valence-corrected chi connectivity index (χ3v) is 5.22. The smallest absolute Gasteiger partial charge is 0.240 e. The number of anilines is 1. The first-order chi connectivity index (χ1) is 12.7. The normalized spacial score (nSPS) is 11.1. The van der Waals surface area contributed by atoms with Crippen LogP contribution in [0.4, 0.5) is 5.69 Å². The molecule has 0 unspecified atom stereocenters. The van der Waals surface area contributed by atoms with E-state index in [0.29, 0.717) is 12.3 Å². The molecular weight excluding hydrogens is 364 g/mol. The van der Waals surface area contributed by atoms with E-state index in [1.54, 1.807) is 6.07 Å². The first kappa shape index (κ1) is 20.8. The van der Waals surface area contributed by atoms with E-state index in [9.17, 15) is 13.2 Å². The topological polar surface area (TPSA) is 75.7 Å². The summed E-state index contributed by atoms with van der Waals surface area (Å²) in [6.45, 7) is 5.97. The molecule has 0 heterocycles. The number of ether oxygens (including phenoxy) is 1. The van der Waals surface area contributed by atoms with Crippen LogP contribution in [-0.4, -0.2) is 40.3 Å². The van der Waals surface area contributed by atoms with Gasteiger partial charge in [0, 0.05) is 0 Å². The van der Waals surface area contributed by atoms with E-state index in [1.807, 2.05) is 57.2 Å². The van der Waals surface area contributed by atoms with Gasteiger partial charge in [-0.05, 0) is 49.6 Å². The van der Waals surface area contributed by atoms with Gasteiger partial charge in [-0.25, -0.2) is 8.42 Å². The monoisotopic (exact) mass is 390 g/mol. The van der Waals surface area contributed by atoms with E-state index in [4.69, 9.17) is 4.74 Å². The summed E-state index contributed by atoms with van der Waals surface area (Å²) in [4.78, 5) is 12.3. The van der Waals surface area contributed by atoms with Crippen LogP contribution in [0, 0.1) is 20.8 Å². The Labute approximate surface area is 161 Å². The number of aryl methyl sites for hydroxylation is 3.